The van der Waals surface area contributed by atoms with Gasteiger partial charge < -0.3 is 0 Å². The van der Waals surface area contributed by atoms with Gasteiger partial charge in [-0.1, -0.05) is 0 Å². The first-order valence-corrected chi connectivity index (χ1v) is 15.5. The number of amides is 1. The molecule has 174 valence electrons. The van der Waals surface area contributed by atoms with Crippen LogP contribution in [0.15, 0.2) is 79.1 Å². The number of carbonyl (C=O) groups excluding carboxylic acids is 1. The number of pyridine rings is 2. The monoisotopic (exact) mass is 539 g/mol. The van der Waals surface area contributed by atoms with Gasteiger partial charge >= 0.3 is 208 Å². The van der Waals surface area contributed by atoms with Gasteiger partial charge in [-0.3, -0.25) is 0 Å². The van der Waals surface area contributed by atoms with Gasteiger partial charge in [0.15, 0.2) is 0 Å². The maximum atomic E-state index is 13.9. The molecule has 5 nitrogen and oxygen atoms in total. The van der Waals surface area contributed by atoms with E-state index in [4.69, 9.17) is 16.3 Å². The molecule has 1 amide bonds. The minimum absolute atomic E-state index is 0.0945. The van der Waals surface area contributed by atoms with Crippen molar-refractivity contribution in [2.45, 2.75) is 22.0 Å². The van der Waals surface area contributed by atoms with Crippen LogP contribution in [0.3, 0.4) is 0 Å². The molecule has 0 bridgehead atoms. The average Bonchev–Trinajstić information content (AvgIpc) is 2.85. The zero-order valence-corrected chi connectivity index (χ0v) is 21.3. The van der Waals surface area contributed by atoms with E-state index in [2.05, 4.69) is 21.0 Å². The number of anilines is 1. The first kappa shape index (κ1) is 24.2. The third kappa shape index (κ3) is 6.34. The van der Waals surface area contributed by atoms with E-state index in [1.807, 2.05) is 54.6 Å². The van der Waals surface area contributed by atoms with Crippen LogP contribution in [0.25, 0.3) is 10.8 Å². The second kappa shape index (κ2) is 11.5. The van der Waals surface area contributed by atoms with Crippen LogP contribution < -0.4 is 5.32 Å². The van der Waals surface area contributed by atoms with Crippen molar-refractivity contribution in [1.29, 1.82) is 0 Å². The molecule has 4 rings (SSSR count). The first-order valence-electron chi connectivity index (χ1n) is 10.8. The van der Waals surface area contributed by atoms with Crippen LogP contribution in [0.4, 0.5) is 15.0 Å². The summed E-state index contributed by atoms with van der Waals surface area (Å²) in [6.07, 6.45) is 3.58. The molecule has 0 fully saturated rings. The fraction of sp³-hybridized carbons (Fsp3) is 0.192. The maximum absolute atomic E-state index is 13.9. The quantitative estimate of drug-likeness (QED) is 0.260. The molecule has 0 saturated carbocycles. The van der Waals surface area contributed by atoms with Crippen LogP contribution >= 0.6 is 11.6 Å². The Morgan fingerprint density at radius 1 is 1.09 bits per heavy atom. The molecule has 1 unspecified atom stereocenters. The Bertz CT molecular complexity index is 1280. The van der Waals surface area contributed by atoms with Crippen molar-refractivity contribution in [2.24, 2.45) is 0 Å². The number of hydrogen-bond donors (Lipinski definition) is 1. The van der Waals surface area contributed by atoms with Crippen LogP contribution in [0, 0.1) is 5.82 Å². The van der Waals surface area contributed by atoms with Crippen LogP contribution in [0.2, 0.25) is 15.4 Å². The number of carbonyl (C=O) groups is 1. The normalized spacial score (nSPS) is 12.8. The molecular weight excluding hydrogens is 516 g/mol. The molecule has 8 heteroatoms. The Balaban J connectivity index is 1.43. The molecule has 2 heterocycles. The number of aromatic nitrogens is 2. The average molecular weight is 540 g/mol. The summed E-state index contributed by atoms with van der Waals surface area (Å²) in [5.74, 6) is 0.0174. The molecule has 1 N–H and O–H groups in total. The molecule has 4 aromatic rings. The number of halogens is 2. The summed E-state index contributed by atoms with van der Waals surface area (Å²) >= 11 is 4.56. The molecule has 0 aliphatic carbocycles. The zero-order valence-electron chi connectivity index (χ0n) is 18.6. The van der Waals surface area contributed by atoms with Crippen molar-refractivity contribution in [2.75, 3.05) is 11.9 Å². The van der Waals surface area contributed by atoms with Crippen molar-refractivity contribution in [3.63, 3.8) is 0 Å². The molecule has 0 aliphatic rings. The van der Waals surface area contributed by atoms with Crippen molar-refractivity contribution in [1.82, 2.24) is 9.97 Å². The third-order valence-electron chi connectivity index (χ3n) is 5.51. The number of benzene rings is 2. The number of fused-ring (bicyclic) bond motifs is 1. The van der Waals surface area contributed by atoms with E-state index >= 15 is 0 Å². The standard InChI is InChI=1S/C26H24AsClFN3O2/c1-27(15-19-9-6-11-23(29)25(19)28)21(14-22-10-4-5-12-30-22)17-34-26(33)32-24-13-18-7-2-3-8-20(18)16-31-24/h2-13,16,21H,14-15,17H2,1H3,(H,31,32,33)/t21-,27?/m0/s1. The Morgan fingerprint density at radius 3 is 2.68 bits per heavy atom. The predicted octanol–water partition coefficient (Wildman–Crippen LogP) is 6.49. The topological polar surface area (TPSA) is 64.1 Å². The Morgan fingerprint density at radius 2 is 1.88 bits per heavy atom. The van der Waals surface area contributed by atoms with E-state index in [-0.39, 0.29) is 16.3 Å². The summed E-state index contributed by atoms with van der Waals surface area (Å²) in [4.78, 5) is 21.3. The zero-order chi connectivity index (χ0) is 23.9. The van der Waals surface area contributed by atoms with Gasteiger partial charge in [-0.15, -0.1) is 0 Å². The number of nitrogens with one attached hydrogen (secondary N) is 1. The Labute approximate surface area is 207 Å². The minimum atomic E-state index is -1.63. The van der Waals surface area contributed by atoms with Gasteiger partial charge in [0.25, 0.3) is 0 Å². The van der Waals surface area contributed by atoms with Gasteiger partial charge in [0, 0.05) is 0 Å². The fourth-order valence-electron chi connectivity index (χ4n) is 3.64. The molecule has 0 spiro atoms. The van der Waals surface area contributed by atoms with Crippen molar-refractivity contribution in [3.05, 3.63) is 101 Å². The van der Waals surface area contributed by atoms with Crippen molar-refractivity contribution < 1.29 is 13.9 Å². The van der Waals surface area contributed by atoms with E-state index in [9.17, 15) is 9.18 Å². The molecule has 0 radical (unpaired) electrons. The third-order valence-corrected chi connectivity index (χ3v) is 11.0. The van der Waals surface area contributed by atoms with E-state index in [1.165, 1.54) is 6.07 Å². The molecular formula is C26H24AsClFN3O2. The second-order valence-corrected chi connectivity index (χ2v) is 13.7. The number of rotatable bonds is 8. The summed E-state index contributed by atoms with van der Waals surface area (Å²) in [5.41, 5.74) is 3.91. The van der Waals surface area contributed by atoms with Gasteiger partial charge in [-0.05, 0) is 0 Å². The fourth-order valence-corrected chi connectivity index (χ4v) is 7.99. The molecule has 2 aromatic heterocycles. The van der Waals surface area contributed by atoms with E-state index in [0.29, 0.717) is 17.4 Å². The molecule has 0 aliphatic heterocycles. The molecule has 34 heavy (non-hydrogen) atoms. The molecule has 2 atom stereocenters. The number of hydrogen-bond acceptors (Lipinski definition) is 4. The van der Waals surface area contributed by atoms with Crippen LogP contribution in [0.5, 0.6) is 0 Å². The second-order valence-electron chi connectivity index (χ2n) is 7.95. The first-order chi connectivity index (χ1) is 16.5. The van der Waals surface area contributed by atoms with E-state index in [0.717, 1.165) is 22.0 Å². The van der Waals surface area contributed by atoms with E-state index < -0.39 is 26.6 Å². The van der Waals surface area contributed by atoms with Crippen LogP contribution in [-0.2, 0) is 16.4 Å². The summed E-state index contributed by atoms with van der Waals surface area (Å²) < 4.78 is 19.6. The Kier molecular flexibility index (Phi) is 8.15. The molecule has 0 saturated heterocycles. The van der Waals surface area contributed by atoms with Gasteiger partial charge in [0.2, 0.25) is 0 Å². The Hall–Kier alpha value is -2.95. The number of ether oxygens (including phenoxy) is 1. The van der Waals surface area contributed by atoms with Gasteiger partial charge in [0.1, 0.15) is 0 Å². The van der Waals surface area contributed by atoms with Crippen molar-refractivity contribution in [3.8, 4) is 0 Å². The SMILES string of the molecule is C[As](Cc1cccc(F)c1Cl)[C@H](COC(=O)Nc1cc2ccccc2cn1)Cc1ccccn1. The van der Waals surface area contributed by atoms with Gasteiger partial charge in [-0.2, -0.15) is 0 Å². The summed E-state index contributed by atoms with van der Waals surface area (Å²) in [6.45, 7) is 0.236. The van der Waals surface area contributed by atoms with Crippen LogP contribution in [0.1, 0.15) is 11.3 Å². The van der Waals surface area contributed by atoms with E-state index in [1.54, 1.807) is 18.5 Å². The van der Waals surface area contributed by atoms with Gasteiger partial charge in [-0.25, -0.2) is 0 Å². The van der Waals surface area contributed by atoms with Gasteiger partial charge in [0.05, 0.1) is 0 Å². The predicted molar refractivity (Wildman–Crippen MR) is 135 cm³/mol. The summed E-state index contributed by atoms with van der Waals surface area (Å²) in [6, 6.07) is 20.3. The summed E-state index contributed by atoms with van der Waals surface area (Å²) in [5, 5.41) is 5.55. The molecule has 2 aromatic carbocycles. The van der Waals surface area contributed by atoms with Crippen molar-refractivity contribution >= 4 is 48.9 Å². The van der Waals surface area contributed by atoms with Crippen LogP contribution in [-0.4, -0.2) is 37.3 Å². The summed E-state index contributed by atoms with van der Waals surface area (Å²) in [7, 11) is 0. The number of nitrogens with zero attached hydrogens (tertiary/aromatic N) is 2.